The van der Waals surface area contributed by atoms with Crippen LogP contribution in [0.4, 0.5) is 5.69 Å². The van der Waals surface area contributed by atoms with Crippen LogP contribution in [0.15, 0.2) is 30.5 Å². The van der Waals surface area contributed by atoms with Gasteiger partial charge in [0.25, 0.3) is 5.69 Å². The summed E-state index contributed by atoms with van der Waals surface area (Å²) < 4.78 is 0. The SMILES string of the molecule is O=C(O)c1cn[nH]c1Cc1cccc([N+](=O)[O-])c1. The lowest BCUT2D eigenvalue weighted by atomic mass is 10.1. The Morgan fingerprint density at radius 3 is 2.94 bits per heavy atom. The number of benzene rings is 1. The molecule has 7 nitrogen and oxygen atoms in total. The normalized spacial score (nSPS) is 10.2. The van der Waals surface area contributed by atoms with E-state index in [1.807, 2.05) is 0 Å². The third-order valence-corrected chi connectivity index (χ3v) is 2.45. The van der Waals surface area contributed by atoms with E-state index in [1.165, 1.54) is 18.3 Å². The second kappa shape index (κ2) is 4.66. The summed E-state index contributed by atoms with van der Waals surface area (Å²) in [7, 11) is 0. The molecule has 0 aliphatic carbocycles. The number of nitro groups is 1. The van der Waals surface area contributed by atoms with E-state index in [9.17, 15) is 14.9 Å². The van der Waals surface area contributed by atoms with E-state index in [-0.39, 0.29) is 17.7 Å². The average molecular weight is 247 g/mol. The molecule has 0 saturated heterocycles. The first-order chi connectivity index (χ1) is 8.58. The monoisotopic (exact) mass is 247 g/mol. The van der Waals surface area contributed by atoms with E-state index in [2.05, 4.69) is 10.2 Å². The smallest absolute Gasteiger partial charge is 0.339 e. The highest BCUT2D eigenvalue weighted by molar-refractivity contribution is 5.88. The van der Waals surface area contributed by atoms with Crippen LogP contribution >= 0.6 is 0 Å². The van der Waals surface area contributed by atoms with Gasteiger partial charge in [-0.15, -0.1) is 0 Å². The summed E-state index contributed by atoms with van der Waals surface area (Å²) in [5.74, 6) is -1.08. The van der Waals surface area contributed by atoms with Crippen molar-refractivity contribution in [1.29, 1.82) is 0 Å². The molecule has 0 spiro atoms. The third-order valence-electron chi connectivity index (χ3n) is 2.45. The lowest BCUT2D eigenvalue weighted by molar-refractivity contribution is -0.384. The first kappa shape index (κ1) is 11.8. The molecule has 1 aromatic carbocycles. The molecular formula is C11H9N3O4. The Labute approximate surface area is 101 Å². The van der Waals surface area contributed by atoms with E-state index < -0.39 is 10.9 Å². The van der Waals surface area contributed by atoms with Crippen LogP contribution in [0, 0.1) is 10.1 Å². The maximum atomic E-state index is 10.9. The first-order valence-electron chi connectivity index (χ1n) is 5.07. The van der Waals surface area contributed by atoms with Gasteiger partial charge in [-0.3, -0.25) is 15.2 Å². The number of nitrogens with one attached hydrogen (secondary N) is 1. The largest absolute Gasteiger partial charge is 0.478 e. The number of hydrogen-bond donors (Lipinski definition) is 2. The summed E-state index contributed by atoms with van der Waals surface area (Å²) in [5.41, 5.74) is 1.12. The zero-order chi connectivity index (χ0) is 13.1. The van der Waals surface area contributed by atoms with Gasteiger partial charge in [-0.25, -0.2) is 4.79 Å². The Bertz CT molecular complexity index is 606. The molecule has 0 fully saturated rings. The Morgan fingerprint density at radius 1 is 1.50 bits per heavy atom. The Hall–Kier alpha value is -2.70. The molecule has 2 rings (SSSR count). The van der Waals surface area contributed by atoms with Crippen molar-refractivity contribution in [3.8, 4) is 0 Å². The quantitative estimate of drug-likeness (QED) is 0.630. The van der Waals surface area contributed by atoms with Crippen molar-refractivity contribution < 1.29 is 14.8 Å². The molecule has 0 bridgehead atoms. The predicted octanol–water partition coefficient (Wildman–Crippen LogP) is 1.61. The lowest BCUT2D eigenvalue weighted by Crippen LogP contribution is -2.01. The van der Waals surface area contributed by atoms with Crippen LogP contribution in [0.2, 0.25) is 0 Å². The zero-order valence-corrected chi connectivity index (χ0v) is 9.16. The number of carbonyl (C=O) groups is 1. The average Bonchev–Trinajstić information content (AvgIpc) is 2.77. The molecule has 0 radical (unpaired) electrons. The molecule has 0 atom stereocenters. The second-order valence-corrected chi connectivity index (χ2v) is 3.67. The fourth-order valence-electron chi connectivity index (χ4n) is 1.62. The third kappa shape index (κ3) is 2.34. The minimum atomic E-state index is -1.08. The molecule has 1 aromatic heterocycles. The summed E-state index contributed by atoms with van der Waals surface area (Å²) in [5, 5.41) is 25.8. The number of nitro benzene ring substituents is 1. The van der Waals surface area contributed by atoms with Crippen molar-refractivity contribution in [2.75, 3.05) is 0 Å². The number of carboxylic acid groups (broad SMARTS) is 1. The summed E-state index contributed by atoms with van der Waals surface area (Å²) in [4.78, 5) is 21.0. The zero-order valence-electron chi connectivity index (χ0n) is 9.16. The fourth-order valence-corrected chi connectivity index (χ4v) is 1.62. The van der Waals surface area contributed by atoms with Crippen molar-refractivity contribution in [2.45, 2.75) is 6.42 Å². The number of H-pyrrole nitrogens is 1. The van der Waals surface area contributed by atoms with Gasteiger partial charge >= 0.3 is 5.97 Å². The number of rotatable bonds is 4. The molecule has 2 N–H and O–H groups in total. The Kier molecular flexibility index (Phi) is 3.05. The van der Waals surface area contributed by atoms with Crippen molar-refractivity contribution in [1.82, 2.24) is 10.2 Å². The standard InChI is InChI=1S/C11H9N3O4/c15-11(16)9-6-12-13-10(9)5-7-2-1-3-8(4-7)14(17)18/h1-4,6H,5H2,(H,12,13)(H,15,16). The number of hydrogen-bond acceptors (Lipinski definition) is 4. The van der Waals surface area contributed by atoms with Crippen LogP contribution in [0.1, 0.15) is 21.6 Å². The van der Waals surface area contributed by atoms with Crippen LogP contribution in [0.5, 0.6) is 0 Å². The van der Waals surface area contributed by atoms with Crippen molar-refractivity contribution in [3.63, 3.8) is 0 Å². The molecule has 1 heterocycles. The molecule has 92 valence electrons. The fraction of sp³-hybridized carbons (Fsp3) is 0.0909. The summed E-state index contributed by atoms with van der Waals surface area (Å²) in [6, 6.07) is 6.05. The van der Waals surface area contributed by atoms with Gasteiger partial charge in [0.2, 0.25) is 0 Å². The number of non-ortho nitro benzene ring substituents is 1. The molecule has 18 heavy (non-hydrogen) atoms. The van der Waals surface area contributed by atoms with Crippen molar-refractivity contribution >= 4 is 11.7 Å². The van der Waals surface area contributed by atoms with E-state index in [0.29, 0.717) is 11.3 Å². The van der Waals surface area contributed by atoms with E-state index >= 15 is 0 Å². The molecular weight excluding hydrogens is 238 g/mol. The minimum absolute atomic E-state index is 0.0242. The van der Waals surface area contributed by atoms with Crippen LogP contribution in [0.3, 0.4) is 0 Å². The van der Waals surface area contributed by atoms with Gasteiger partial charge < -0.3 is 5.11 Å². The van der Waals surface area contributed by atoms with Gasteiger partial charge in [-0.1, -0.05) is 12.1 Å². The van der Waals surface area contributed by atoms with Crippen molar-refractivity contribution in [2.24, 2.45) is 0 Å². The number of aromatic nitrogens is 2. The molecule has 0 unspecified atom stereocenters. The molecule has 2 aromatic rings. The summed E-state index contributed by atoms with van der Waals surface area (Å²) in [6.07, 6.45) is 1.47. The predicted molar refractivity (Wildman–Crippen MR) is 61.4 cm³/mol. The maximum absolute atomic E-state index is 10.9. The van der Waals surface area contributed by atoms with Gasteiger partial charge in [0.15, 0.2) is 0 Å². The number of aromatic amines is 1. The number of aromatic carboxylic acids is 1. The lowest BCUT2D eigenvalue weighted by Gasteiger charge is -2.00. The van der Waals surface area contributed by atoms with Gasteiger partial charge in [0.1, 0.15) is 5.56 Å². The minimum Gasteiger partial charge on any atom is -0.478 e. The Morgan fingerprint density at radius 2 is 2.28 bits per heavy atom. The van der Waals surface area contributed by atoms with E-state index in [4.69, 9.17) is 5.11 Å². The molecule has 0 saturated carbocycles. The van der Waals surface area contributed by atoms with Crippen molar-refractivity contribution in [3.05, 3.63) is 57.4 Å². The molecule has 7 heteroatoms. The highest BCUT2D eigenvalue weighted by atomic mass is 16.6. The van der Waals surface area contributed by atoms with Crippen LogP contribution in [-0.4, -0.2) is 26.2 Å². The number of nitrogens with zero attached hydrogens (tertiary/aromatic N) is 2. The Balaban J connectivity index is 2.28. The number of carboxylic acids is 1. The van der Waals surface area contributed by atoms with E-state index in [0.717, 1.165) is 0 Å². The first-order valence-corrected chi connectivity index (χ1v) is 5.07. The maximum Gasteiger partial charge on any atom is 0.339 e. The molecule has 0 amide bonds. The van der Waals surface area contributed by atoms with Gasteiger partial charge in [-0.2, -0.15) is 5.10 Å². The van der Waals surface area contributed by atoms with Crippen LogP contribution in [0.25, 0.3) is 0 Å². The summed E-state index contributed by atoms with van der Waals surface area (Å²) >= 11 is 0. The van der Waals surface area contributed by atoms with Gasteiger partial charge in [0.05, 0.1) is 16.8 Å². The van der Waals surface area contributed by atoms with E-state index in [1.54, 1.807) is 12.1 Å². The highest BCUT2D eigenvalue weighted by Crippen LogP contribution is 2.17. The van der Waals surface area contributed by atoms with Crippen LogP contribution < -0.4 is 0 Å². The molecule has 0 aliphatic rings. The summed E-state index contributed by atoms with van der Waals surface area (Å²) in [6.45, 7) is 0. The topological polar surface area (TPSA) is 109 Å². The van der Waals surface area contributed by atoms with Gasteiger partial charge in [-0.05, 0) is 5.56 Å². The molecule has 0 aliphatic heterocycles. The van der Waals surface area contributed by atoms with Gasteiger partial charge in [0, 0.05) is 18.6 Å². The second-order valence-electron chi connectivity index (χ2n) is 3.67. The van der Waals surface area contributed by atoms with Crippen LogP contribution in [-0.2, 0) is 6.42 Å². The highest BCUT2D eigenvalue weighted by Gasteiger charge is 2.13.